The average molecular weight is 614 g/mol. The van der Waals surface area contributed by atoms with Crippen LogP contribution in [0.3, 0.4) is 0 Å². The molecule has 4 aromatic rings. The number of para-hydroxylation sites is 6. The molecular weight excluding hydrogens is 578 g/mol. The molecule has 0 saturated heterocycles. The molecule has 0 aliphatic carbocycles. The number of aliphatic imine (C=N–C) groups is 1. The fourth-order valence-corrected chi connectivity index (χ4v) is 5.22. The third-order valence-electron chi connectivity index (χ3n) is 7.46. The first-order chi connectivity index (χ1) is 22.6. The summed E-state index contributed by atoms with van der Waals surface area (Å²) in [5, 5.41) is 8.83. The zero-order chi connectivity index (χ0) is 31.6. The number of hydrogen-bond donors (Lipinski definition) is 3. The van der Waals surface area contributed by atoms with Crippen molar-refractivity contribution in [2.45, 2.75) is 25.7 Å². The second kappa shape index (κ2) is 14.8. The fourth-order valence-electron chi connectivity index (χ4n) is 5.22. The summed E-state index contributed by atoms with van der Waals surface area (Å²) in [5.74, 6) is 3.11. The van der Waals surface area contributed by atoms with Gasteiger partial charge < -0.3 is 25.4 Å². The number of hydrogen-bond acceptors (Lipinski definition) is 5. The van der Waals surface area contributed by atoms with Crippen molar-refractivity contribution < 1.29 is 19.1 Å². The van der Waals surface area contributed by atoms with E-state index < -0.39 is 0 Å². The fraction of sp³-hybridized carbons (Fsp3) is 0.162. The molecule has 3 N–H and O–H groups in total. The van der Waals surface area contributed by atoms with Gasteiger partial charge >= 0.3 is 12.1 Å². The molecule has 0 atom stereocenters. The number of amides is 4. The van der Waals surface area contributed by atoms with Crippen molar-refractivity contribution in [2.24, 2.45) is 4.99 Å². The van der Waals surface area contributed by atoms with E-state index >= 15 is 0 Å². The van der Waals surface area contributed by atoms with E-state index in [-0.39, 0.29) is 12.1 Å². The molecule has 0 unspecified atom stereocenters. The van der Waals surface area contributed by atoms with Gasteiger partial charge in [0.15, 0.2) is 11.5 Å². The van der Waals surface area contributed by atoms with Crippen molar-refractivity contribution in [3.63, 3.8) is 0 Å². The molecule has 46 heavy (non-hydrogen) atoms. The van der Waals surface area contributed by atoms with Crippen LogP contribution in [0.1, 0.15) is 25.7 Å². The summed E-state index contributed by atoms with van der Waals surface area (Å²) in [5.41, 5.74) is 3.03. The maximum Gasteiger partial charge on any atom is 0.327 e. The maximum atomic E-state index is 13.6. The van der Waals surface area contributed by atoms with Crippen molar-refractivity contribution in [1.82, 2.24) is 10.2 Å². The lowest BCUT2D eigenvalue weighted by Gasteiger charge is -2.29. The highest BCUT2D eigenvalue weighted by molar-refractivity contribution is 5.94. The van der Waals surface area contributed by atoms with Crippen molar-refractivity contribution in [3.8, 4) is 23.0 Å². The molecule has 9 heteroatoms. The predicted molar refractivity (Wildman–Crippen MR) is 181 cm³/mol. The Morgan fingerprint density at radius 1 is 0.739 bits per heavy atom. The van der Waals surface area contributed by atoms with Crippen molar-refractivity contribution in [1.29, 1.82) is 0 Å². The van der Waals surface area contributed by atoms with E-state index in [1.807, 2.05) is 103 Å². The molecule has 4 amide bonds. The number of nitrogens with zero attached hydrogens (tertiary/aromatic N) is 2. The summed E-state index contributed by atoms with van der Waals surface area (Å²) < 4.78 is 12.0. The Hall–Kier alpha value is -5.83. The minimum atomic E-state index is -0.344. The monoisotopic (exact) mass is 613 g/mol. The highest BCUT2D eigenvalue weighted by Gasteiger charge is 2.26. The topological polar surface area (TPSA) is 104 Å². The van der Waals surface area contributed by atoms with Crippen LogP contribution >= 0.6 is 0 Å². The number of carbonyl (C=O) groups excluding carboxylic acids is 2. The molecule has 2 aliphatic heterocycles. The Balaban J connectivity index is 1.08. The molecule has 0 radical (unpaired) electrons. The minimum absolute atomic E-state index is 0.274. The smallest absolute Gasteiger partial charge is 0.327 e. The minimum Gasteiger partial charge on any atom is -0.455 e. The standard InChI is InChI=1S/C37H35N5O4/c43-36(40-31-20-7-9-22-33(31)45-29-16-3-1-4-17-29)38-25-24-28-15-11-13-27-14-12-26-42(35(27)39-28)37(44)41-32-21-8-10-23-34(32)46-30-18-5-2-6-19-30/h1-11,13,16-23H,12,14-15,24-26H2,(H,41,44)(H2,38,40,43). The molecule has 2 heterocycles. The first kappa shape index (κ1) is 30.2. The number of allylic oxidation sites excluding steroid dienone is 3. The summed E-state index contributed by atoms with van der Waals surface area (Å²) in [4.78, 5) is 33.1. The van der Waals surface area contributed by atoms with Crippen LogP contribution in [0.5, 0.6) is 23.0 Å². The van der Waals surface area contributed by atoms with E-state index in [0.29, 0.717) is 66.1 Å². The lowest BCUT2D eigenvalue weighted by Crippen LogP contribution is -2.37. The van der Waals surface area contributed by atoms with Crippen LogP contribution in [0.2, 0.25) is 0 Å². The normalized spacial score (nSPS) is 14.0. The largest absolute Gasteiger partial charge is 0.455 e. The van der Waals surface area contributed by atoms with Gasteiger partial charge in [-0.2, -0.15) is 0 Å². The Labute approximate surface area is 268 Å². The zero-order valence-corrected chi connectivity index (χ0v) is 25.3. The van der Waals surface area contributed by atoms with Gasteiger partial charge in [0.1, 0.15) is 17.3 Å². The second-order valence-corrected chi connectivity index (χ2v) is 10.8. The Morgan fingerprint density at radius 3 is 1.98 bits per heavy atom. The molecule has 2 aliphatic rings. The zero-order valence-electron chi connectivity index (χ0n) is 25.3. The highest BCUT2D eigenvalue weighted by Crippen LogP contribution is 2.32. The van der Waals surface area contributed by atoms with Gasteiger partial charge in [-0.15, -0.1) is 0 Å². The van der Waals surface area contributed by atoms with Crippen molar-refractivity contribution >= 4 is 29.1 Å². The van der Waals surface area contributed by atoms with Crippen molar-refractivity contribution in [3.05, 3.63) is 133 Å². The van der Waals surface area contributed by atoms with Gasteiger partial charge in [-0.3, -0.25) is 4.90 Å². The molecule has 232 valence electrons. The molecule has 0 aromatic heterocycles. The lowest BCUT2D eigenvalue weighted by atomic mass is 10.1. The van der Waals surface area contributed by atoms with Gasteiger partial charge in [-0.1, -0.05) is 72.8 Å². The molecule has 0 saturated carbocycles. The predicted octanol–water partition coefficient (Wildman–Crippen LogP) is 8.72. The number of urea groups is 2. The Kier molecular flexibility index (Phi) is 9.70. The van der Waals surface area contributed by atoms with E-state index in [9.17, 15) is 9.59 Å². The molecule has 6 rings (SSSR count). The highest BCUT2D eigenvalue weighted by atomic mass is 16.5. The molecule has 0 spiro atoms. The number of carbonyl (C=O) groups is 2. The molecule has 9 nitrogen and oxygen atoms in total. The van der Waals surface area contributed by atoms with Crippen LogP contribution in [0, 0.1) is 0 Å². The Morgan fingerprint density at radius 2 is 1.33 bits per heavy atom. The average Bonchev–Trinajstić information content (AvgIpc) is 3.29. The van der Waals surface area contributed by atoms with Crippen LogP contribution in [0.15, 0.2) is 138 Å². The lowest BCUT2D eigenvalue weighted by molar-refractivity contribution is 0.220. The maximum absolute atomic E-state index is 13.6. The van der Waals surface area contributed by atoms with Gasteiger partial charge in [0, 0.05) is 31.6 Å². The Bertz CT molecular complexity index is 1770. The van der Waals surface area contributed by atoms with E-state index in [0.717, 1.165) is 24.1 Å². The summed E-state index contributed by atoms with van der Waals surface area (Å²) in [6.45, 7) is 0.918. The van der Waals surface area contributed by atoms with E-state index in [2.05, 4.69) is 28.1 Å². The summed E-state index contributed by atoms with van der Waals surface area (Å²) in [7, 11) is 0. The number of nitrogens with one attached hydrogen (secondary N) is 3. The SMILES string of the molecule is O=C(NCCC1=NC2=C(C=CC1)CCCN2C(=O)Nc1ccccc1Oc1ccccc1)Nc1ccccc1Oc1ccccc1. The molecular formula is C37H35N5O4. The van der Waals surface area contributed by atoms with E-state index in [1.54, 1.807) is 11.0 Å². The summed E-state index contributed by atoms with van der Waals surface area (Å²) >= 11 is 0. The van der Waals surface area contributed by atoms with Crippen LogP contribution in [0.4, 0.5) is 21.0 Å². The second-order valence-electron chi connectivity index (χ2n) is 10.8. The first-order valence-electron chi connectivity index (χ1n) is 15.4. The van der Waals surface area contributed by atoms with E-state index in [1.165, 1.54) is 0 Å². The molecule has 4 aromatic carbocycles. The quantitative estimate of drug-likeness (QED) is 0.176. The number of ether oxygens (including phenoxy) is 2. The third-order valence-corrected chi connectivity index (χ3v) is 7.46. The number of anilines is 2. The van der Waals surface area contributed by atoms with Crippen molar-refractivity contribution in [2.75, 3.05) is 23.7 Å². The number of benzene rings is 4. The summed E-state index contributed by atoms with van der Waals surface area (Å²) in [6.07, 6.45) is 6.96. The van der Waals surface area contributed by atoms with Gasteiger partial charge in [0.05, 0.1) is 11.4 Å². The van der Waals surface area contributed by atoms with Crippen LogP contribution < -0.4 is 25.4 Å². The first-order valence-corrected chi connectivity index (χ1v) is 15.4. The van der Waals surface area contributed by atoms with Crippen LogP contribution in [0.25, 0.3) is 0 Å². The van der Waals surface area contributed by atoms with Crippen LogP contribution in [-0.4, -0.2) is 35.8 Å². The van der Waals surface area contributed by atoms with Gasteiger partial charge in [-0.25, -0.2) is 14.6 Å². The van der Waals surface area contributed by atoms with Gasteiger partial charge in [0.25, 0.3) is 0 Å². The van der Waals surface area contributed by atoms with E-state index in [4.69, 9.17) is 14.5 Å². The van der Waals surface area contributed by atoms with Gasteiger partial charge in [-0.05, 0) is 66.9 Å². The third kappa shape index (κ3) is 7.81. The molecule has 0 bridgehead atoms. The van der Waals surface area contributed by atoms with Crippen LogP contribution in [-0.2, 0) is 0 Å². The number of rotatable bonds is 9. The summed E-state index contributed by atoms with van der Waals surface area (Å²) in [6, 6.07) is 32.9. The molecule has 0 fully saturated rings. The van der Waals surface area contributed by atoms with Gasteiger partial charge in [0.2, 0.25) is 0 Å².